The summed E-state index contributed by atoms with van der Waals surface area (Å²) in [7, 11) is 0. The summed E-state index contributed by atoms with van der Waals surface area (Å²) in [6, 6.07) is 8.36. The second-order valence-electron chi connectivity index (χ2n) is 7.38. The van der Waals surface area contributed by atoms with Gasteiger partial charge >= 0.3 is 5.97 Å². The lowest BCUT2D eigenvalue weighted by Gasteiger charge is -2.25. The number of rotatable bonds is 6. The lowest BCUT2D eigenvalue weighted by molar-refractivity contribution is -0.152. The molecule has 0 spiro atoms. The highest BCUT2D eigenvalue weighted by Gasteiger charge is 2.22. The monoisotopic (exact) mass is 372 g/mol. The van der Waals surface area contributed by atoms with Crippen LogP contribution in [0.3, 0.4) is 0 Å². The van der Waals surface area contributed by atoms with E-state index >= 15 is 0 Å². The first-order chi connectivity index (χ1) is 13.1. The quantitative estimate of drug-likeness (QED) is 0.777. The zero-order chi connectivity index (χ0) is 19.1. The molecule has 1 heterocycles. The van der Waals surface area contributed by atoms with Crippen molar-refractivity contribution in [3.8, 4) is 0 Å². The van der Waals surface area contributed by atoms with E-state index in [0.29, 0.717) is 25.4 Å². The normalized spacial score (nSPS) is 19.8. The van der Waals surface area contributed by atoms with Crippen molar-refractivity contribution in [1.82, 2.24) is 10.2 Å². The molecule has 1 atom stereocenters. The largest absolute Gasteiger partial charge is 0.454 e. The first kappa shape index (κ1) is 19.4. The van der Waals surface area contributed by atoms with Gasteiger partial charge in [-0.3, -0.25) is 14.4 Å². The summed E-state index contributed by atoms with van der Waals surface area (Å²) in [4.78, 5) is 37.4. The number of fused-ring (bicyclic) bond motifs is 1. The van der Waals surface area contributed by atoms with Gasteiger partial charge in [-0.05, 0) is 43.2 Å². The summed E-state index contributed by atoms with van der Waals surface area (Å²) in [5.74, 6) is -0.522. The number of amides is 2. The molecule has 1 N–H and O–H groups in total. The van der Waals surface area contributed by atoms with Crippen LogP contribution in [0.2, 0.25) is 0 Å². The average Bonchev–Trinajstić information content (AvgIpc) is 2.89. The number of carbonyl (C=O) groups is 3. The molecule has 0 radical (unpaired) electrons. The standard InChI is InChI=1S/C21H28N2O4/c24-19(15-27-21(26)14-23-12-5-1-2-11-20(23)25)22-13-17-9-6-8-16-7-3-4-10-18(16)17/h3-4,7,10,17H,1-2,5-6,8-9,11-15H2,(H,22,24)/t17-/m0/s1. The van der Waals surface area contributed by atoms with E-state index in [-0.39, 0.29) is 25.0 Å². The Morgan fingerprint density at radius 1 is 1.11 bits per heavy atom. The van der Waals surface area contributed by atoms with E-state index in [0.717, 1.165) is 38.5 Å². The smallest absolute Gasteiger partial charge is 0.326 e. The Morgan fingerprint density at radius 3 is 2.85 bits per heavy atom. The number of nitrogens with zero attached hydrogens (tertiary/aromatic N) is 1. The van der Waals surface area contributed by atoms with Crippen LogP contribution >= 0.6 is 0 Å². The van der Waals surface area contributed by atoms with Gasteiger partial charge < -0.3 is 15.0 Å². The summed E-state index contributed by atoms with van der Waals surface area (Å²) in [6.07, 6.45) is 6.53. The molecule has 146 valence electrons. The van der Waals surface area contributed by atoms with Gasteiger partial charge in [0.2, 0.25) is 5.91 Å². The van der Waals surface area contributed by atoms with Crippen LogP contribution in [0, 0.1) is 0 Å². The molecule has 0 aromatic heterocycles. The van der Waals surface area contributed by atoms with E-state index < -0.39 is 5.97 Å². The van der Waals surface area contributed by atoms with Crippen molar-refractivity contribution < 1.29 is 19.1 Å². The minimum absolute atomic E-state index is 0.00938. The Hall–Kier alpha value is -2.37. The van der Waals surface area contributed by atoms with Crippen LogP contribution < -0.4 is 5.32 Å². The highest BCUT2D eigenvalue weighted by Crippen LogP contribution is 2.30. The fourth-order valence-electron chi connectivity index (χ4n) is 3.91. The van der Waals surface area contributed by atoms with E-state index in [9.17, 15) is 14.4 Å². The molecule has 27 heavy (non-hydrogen) atoms. The third-order valence-electron chi connectivity index (χ3n) is 5.39. The number of likely N-dealkylation sites (tertiary alicyclic amines) is 1. The van der Waals surface area contributed by atoms with Gasteiger partial charge in [-0.2, -0.15) is 0 Å². The summed E-state index contributed by atoms with van der Waals surface area (Å²) in [5.41, 5.74) is 2.66. The Labute approximate surface area is 160 Å². The van der Waals surface area contributed by atoms with Gasteiger partial charge in [-0.15, -0.1) is 0 Å². The first-order valence-corrected chi connectivity index (χ1v) is 9.91. The third kappa shape index (κ3) is 5.55. The van der Waals surface area contributed by atoms with Crippen molar-refractivity contribution in [2.75, 3.05) is 26.2 Å². The Bertz CT molecular complexity index is 689. The average molecular weight is 372 g/mol. The van der Waals surface area contributed by atoms with Gasteiger partial charge in [-0.1, -0.05) is 30.7 Å². The molecule has 0 bridgehead atoms. The Morgan fingerprint density at radius 2 is 1.96 bits per heavy atom. The number of aryl methyl sites for hydroxylation is 1. The SMILES string of the molecule is O=C(COC(=O)CN1CCCCCC1=O)NC[C@@H]1CCCc2ccccc21. The van der Waals surface area contributed by atoms with Crippen molar-refractivity contribution in [2.45, 2.75) is 50.9 Å². The maximum Gasteiger partial charge on any atom is 0.326 e. The van der Waals surface area contributed by atoms with Crippen LogP contribution in [0.5, 0.6) is 0 Å². The summed E-state index contributed by atoms with van der Waals surface area (Å²) in [6.45, 7) is 0.774. The molecule has 0 saturated carbocycles. The van der Waals surface area contributed by atoms with Crippen LogP contribution in [0.4, 0.5) is 0 Å². The zero-order valence-electron chi connectivity index (χ0n) is 15.7. The minimum Gasteiger partial charge on any atom is -0.454 e. The van der Waals surface area contributed by atoms with E-state index in [1.54, 1.807) is 0 Å². The molecule has 1 aliphatic heterocycles. The highest BCUT2D eigenvalue weighted by atomic mass is 16.5. The zero-order valence-corrected chi connectivity index (χ0v) is 15.7. The molecule has 2 aliphatic rings. The third-order valence-corrected chi connectivity index (χ3v) is 5.39. The van der Waals surface area contributed by atoms with Gasteiger partial charge in [0.25, 0.3) is 5.91 Å². The van der Waals surface area contributed by atoms with Crippen molar-refractivity contribution in [2.24, 2.45) is 0 Å². The van der Waals surface area contributed by atoms with E-state index in [4.69, 9.17) is 4.74 Å². The maximum absolute atomic E-state index is 12.0. The van der Waals surface area contributed by atoms with Crippen molar-refractivity contribution >= 4 is 17.8 Å². The van der Waals surface area contributed by atoms with Crippen LogP contribution in [-0.4, -0.2) is 48.9 Å². The summed E-state index contributed by atoms with van der Waals surface area (Å²) < 4.78 is 5.06. The van der Waals surface area contributed by atoms with Gasteiger partial charge in [0.1, 0.15) is 6.54 Å². The predicted molar refractivity (Wildman–Crippen MR) is 101 cm³/mol. The predicted octanol–water partition coefficient (Wildman–Crippen LogP) is 2.17. The van der Waals surface area contributed by atoms with Crippen LogP contribution in [0.15, 0.2) is 24.3 Å². The second-order valence-corrected chi connectivity index (χ2v) is 7.38. The molecule has 0 unspecified atom stereocenters. The van der Waals surface area contributed by atoms with Gasteiger partial charge in [0.15, 0.2) is 6.61 Å². The number of carbonyl (C=O) groups excluding carboxylic acids is 3. The molecule has 1 aromatic carbocycles. The molecule has 1 aromatic rings. The summed E-state index contributed by atoms with van der Waals surface area (Å²) >= 11 is 0. The van der Waals surface area contributed by atoms with Gasteiger partial charge in [0.05, 0.1) is 0 Å². The number of esters is 1. The van der Waals surface area contributed by atoms with Crippen LogP contribution in [0.25, 0.3) is 0 Å². The van der Waals surface area contributed by atoms with Crippen molar-refractivity contribution in [1.29, 1.82) is 0 Å². The molecule has 1 fully saturated rings. The number of benzene rings is 1. The summed E-state index contributed by atoms with van der Waals surface area (Å²) in [5, 5.41) is 2.87. The van der Waals surface area contributed by atoms with Gasteiger partial charge in [-0.25, -0.2) is 0 Å². The molecular weight excluding hydrogens is 344 g/mol. The van der Waals surface area contributed by atoms with Gasteiger partial charge in [0, 0.05) is 25.4 Å². The van der Waals surface area contributed by atoms with Crippen LogP contribution in [-0.2, 0) is 25.5 Å². The molecule has 6 nitrogen and oxygen atoms in total. The fourth-order valence-corrected chi connectivity index (χ4v) is 3.91. The maximum atomic E-state index is 12.0. The molecule has 2 amide bonds. The molecule has 1 saturated heterocycles. The first-order valence-electron chi connectivity index (χ1n) is 9.91. The molecule has 3 rings (SSSR count). The number of hydrogen-bond acceptors (Lipinski definition) is 4. The Balaban J connectivity index is 1.40. The van der Waals surface area contributed by atoms with E-state index in [1.165, 1.54) is 16.0 Å². The lowest BCUT2D eigenvalue weighted by atomic mass is 9.83. The minimum atomic E-state index is -0.525. The van der Waals surface area contributed by atoms with Crippen molar-refractivity contribution in [3.05, 3.63) is 35.4 Å². The van der Waals surface area contributed by atoms with Crippen molar-refractivity contribution in [3.63, 3.8) is 0 Å². The second kappa shape index (κ2) is 9.53. The van der Waals surface area contributed by atoms with E-state index in [2.05, 4.69) is 17.4 Å². The topological polar surface area (TPSA) is 75.7 Å². The number of ether oxygens (including phenoxy) is 1. The highest BCUT2D eigenvalue weighted by molar-refractivity contribution is 5.84. The number of hydrogen-bond donors (Lipinski definition) is 1. The fraction of sp³-hybridized carbons (Fsp3) is 0.571. The Kier molecular flexibility index (Phi) is 6.85. The van der Waals surface area contributed by atoms with Crippen LogP contribution in [0.1, 0.15) is 55.6 Å². The number of nitrogens with one attached hydrogen (secondary N) is 1. The molecular formula is C21H28N2O4. The lowest BCUT2D eigenvalue weighted by Crippen LogP contribution is -2.38. The molecule has 1 aliphatic carbocycles. The molecule has 6 heteroatoms. The van der Waals surface area contributed by atoms with E-state index in [1.807, 2.05) is 12.1 Å².